The number of hydrogen-bond donors (Lipinski definition) is 3. The average molecular weight is 387 g/mol. The van der Waals surface area contributed by atoms with Crippen LogP contribution in [0.2, 0.25) is 0 Å². The van der Waals surface area contributed by atoms with E-state index in [1.165, 1.54) is 25.7 Å². The molecule has 1 aromatic heterocycles. The van der Waals surface area contributed by atoms with E-state index in [0.717, 1.165) is 39.1 Å². The molecule has 2 fully saturated rings. The summed E-state index contributed by atoms with van der Waals surface area (Å²) in [5, 5.41) is 8.86. The molecule has 1 saturated heterocycles. The Hall–Kier alpha value is -2.19. The van der Waals surface area contributed by atoms with Gasteiger partial charge in [-0.2, -0.15) is 0 Å². The van der Waals surface area contributed by atoms with Crippen molar-refractivity contribution in [3.05, 3.63) is 17.8 Å². The lowest BCUT2D eigenvalue weighted by molar-refractivity contribution is -0.114. The van der Waals surface area contributed by atoms with Crippen LogP contribution in [0.3, 0.4) is 0 Å². The second-order valence-electron chi connectivity index (χ2n) is 7.94. The van der Waals surface area contributed by atoms with E-state index in [1.807, 2.05) is 0 Å². The van der Waals surface area contributed by atoms with E-state index < -0.39 is 0 Å². The molecule has 8 heteroatoms. The van der Waals surface area contributed by atoms with Gasteiger partial charge >= 0.3 is 0 Å². The lowest BCUT2D eigenvalue weighted by Gasteiger charge is -2.45. The molecule has 0 aromatic carbocycles. The van der Waals surface area contributed by atoms with Crippen LogP contribution in [0, 0.1) is 0 Å². The maximum Gasteiger partial charge on any atom is 0.252 e. The van der Waals surface area contributed by atoms with Crippen molar-refractivity contribution >= 4 is 23.3 Å². The van der Waals surface area contributed by atoms with E-state index in [1.54, 1.807) is 12.3 Å². The van der Waals surface area contributed by atoms with Gasteiger partial charge in [-0.3, -0.25) is 14.5 Å². The molecule has 1 aromatic rings. The first kappa shape index (κ1) is 19.1. The van der Waals surface area contributed by atoms with E-state index in [0.29, 0.717) is 23.6 Å². The van der Waals surface area contributed by atoms with E-state index in [2.05, 4.69) is 25.8 Å². The van der Waals surface area contributed by atoms with Crippen LogP contribution >= 0.6 is 0 Å². The van der Waals surface area contributed by atoms with Crippen molar-refractivity contribution in [3.63, 3.8) is 0 Å². The van der Waals surface area contributed by atoms with Crippen molar-refractivity contribution in [2.24, 2.45) is 0 Å². The van der Waals surface area contributed by atoms with Gasteiger partial charge in [0.05, 0.1) is 31.0 Å². The Kier molecular flexibility index (Phi) is 5.77. The largest absolute Gasteiger partial charge is 0.379 e. The number of nitrogens with zero attached hydrogens (tertiary/aromatic N) is 2. The Morgan fingerprint density at radius 1 is 1.21 bits per heavy atom. The number of fused-ring (bicyclic) bond motifs is 1. The number of hydrogen-bond acceptors (Lipinski definition) is 6. The molecule has 0 unspecified atom stereocenters. The molecule has 2 amide bonds. The second kappa shape index (κ2) is 8.45. The Morgan fingerprint density at radius 3 is 2.71 bits per heavy atom. The smallest absolute Gasteiger partial charge is 0.252 e. The highest BCUT2D eigenvalue weighted by molar-refractivity contribution is 6.02. The van der Waals surface area contributed by atoms with Crippen LogP contribution < -0.4 is 16.0 Å². The predicted molar refractivity (Wildman–Crippen MR) is 107 cm³/mol. The minimum absolute atomic E-state index is 0.00729. The second-order valence-corrected chi connectivity index (χ2v) is 7.94. The summed E-state index contributed by atoms with van der Waals surface area (Å²) in [5.74, 6) is 0.327. The Balaban J connectivity index is 1.46. The molecule has 0 radical (unpaired) electrons. The van der Waals surface area contributed by atoms with Gasteiger partial charge in [0, 0.05) is 31.4 Å². The summed E-state index contributed by atoms with van der Waals surface area (Å²) in [7, 11) is 0. The Bertz CT molecular complexity index is 725. The number of anilines is 2. The molecule has 3 N–H and O–H groups in total. The summed E-state index contributed by atoms with van der Waals surface area (Å²) in [6.07, 6.45) is 8.71. The van der Waals surface area contributed by atoms with Crippen molar-refractivity contribution in [2.45, 2.75) is 44.1 Å². The monoisotopic (exact) mass is 387 g/mol. The molecule has 2 aliphatic heterocycles. The van der Waals surface area contributed by atoms with Gasteiger partial charge in [0.15, 0.2) is 0 Å². The quantitative estimate of drug-likeness (QED) is 0.680. The summed E-state index contributed by atoms with van der Waals surface area (Å²) in [4.78, 5) is 31.2. The van der Waals surface area contributed by atoms with Crippen LogP contribution in [0.4, 0.5) is 11.5 Å². The molecule has 0 atom stereocenters. The number of ether oxygens (including phenoxy) is 1. The van der Waals surface area contributed by atoms with Crippen molar-refractivity contribution in [3.8, 4) is 0 Å². The van der Waals surface area contributed by atoms with Crippen LogP contribution in [0.25, 0.3) is 0 Å². The Labute approximate surface area is 165 Å². The molecule has 3 aliphatic rings. The van der Waals surface area contributed by atoms with Gasteiger partial charge in [-0.15, -0.1) is 0 Å². The van der Waals surface area contributed by atoms with Gasteiger partial charge in [0.25, 0.3) is 5.91 Å². The number of carbonyl (C=O) groups excluding carboxylic acids is 2. The minimum atomic E-state index is -0.146. The first-order valence-electron chi connectivity index (χ1n) is 10.3. The van der Waals surface area contributed by atoms with Crippen molar-refractivity contribution in [1.29, 1.82) is 0 Å². The summed E-state index contributed by atoms with van der Waals surface area (Å²) in [6, 6.07) is 1.69. The average Bonchev–Trinajstić information content (AvgIpc) is 2.99. The number of nitrogens with one attached hydrogen (secondary N) is 3. The fraction of sp³-hybridized carbons (Fsp3) is 0.650. The normalized spacial score (nSPS) is 22.4. The topological polar surface area (TPSA) is 95.6 Å². The number of aromatic nitrogens is 1. The zero-order valence-electron chi connectivity index (χ0n) is 16.3. The molecule has 3 heterocycles. The number of rotatable bonds is 4. The third-order valence-electron chi connectivity index (χ3n) is 6.13. The van der Waals surface area contributed by atoms with Crippen LogP contribution in [-0.2, 0) is 9.53 Å². The number of morpholine rings is 1. The van der Waals surface area contributed by atoms with Gasteiger partial charge in [0.1, 0.15) is 5.82 Å². The van der Waals surface area contributed by atoms with Gasteiger partial charge in [-0.1, -0.05) is 25.7 Å². The van der Waals surface area contributed by atoms with E-state index in [4.69, 9.17) is 4.74 Å². The SMILES string of the molecule is O=C1CNc2ncc(C(=O)NCC3(N4CCOCC4)CCCCCC3)cc2N1. The predicted octanol–water partition coefficient (Wildman–Crippen LogP) is 1.60. The third-order valence-corrected chi connectivity index (χ3v) is 6.13. The first-order valence-corrected chi connectivity index (χ1v) is 10.3. The molecular formula is C20H29N5O3. The summed E-state index contributed by atoms with van der Waals surface area (Å²) in [5.41, 5.74) is 1.03. The van der Waals surface area contributed by atoms with Crippen LogP contribution in [0.15, 0.2) is 12.3 Å². The van der Waals surface area contributed by atoms with Crippen molar-refractivity contribution < 1.29 is 14.3 Å². The molecule has 8 nitrogen and oxygen atoms in total. The molecule has 1 saturated carbocycles. The number of carbonyl (C=O) groups is 2. The molecule has 0 spiro atoms. The maximum atomic E-state index is 12.8. The van der Waals surface area contributed by atoms with Crippen LogP contribution in [0.1, 0.15) is 48.9 Å². The molecule has 1 aliphatic carbocycles. The molecule has 152 valence electrons. The number of amides is 2. The lowest BCUT2D eigenvalue weighted by Crippen LogP contribution is -2.58. The van der Waals surface area contributed by atoms with Gasteiger partial charge in [-0.25, -0.2) is 4.98 Å². The summed E-state index contributed by atoms with van der Waals surface area (Å²) in [6.45, 7) is 4.21. The highest BCUT2D eigenvalue weighted by Crippen LogP contribution is 2.33. The molecule has 28 heavy (non-hydrogen) atoms. The minimum Gasteiger partial charge on any atom is -0.379 e. The van der Waals surface area contributed by atoms with Gasteiger partial charge in [-0.05, 0) is 18.9 Å². The van der Waals surface area contributed by atoms with Crippen LogP contribution in [0.5, 0.6) is 0 Å². The first-order chi connectivity index (χ1) is 13.7. The van der Waals surface area contributed by atoms with E-state index in [-0.39, 0.29) is 23.9 Å². The fourth-order valence-corrected chi connectivity index (χ4v) is 4.56. The van der Waals surface area contributed by atoms with E-state index in [9.17, 15) is 9.59 Å². The van der Waals surface area contributed by atoms with Gasteiger partial charge in [0.2, 0.25) is 5.91 Å². The highest BCUT2D eigenvalue weighted by Gasteiger charge is 2.38. The van der Waals surface area contributed by atoms with E-state index >= 15 is 0 Å². The third kappa shape index (κ3) is 4.12. The highest BCUT2D eigenvalue weighted by atomic mass is 16.5. The lowest BCUT2D eigenvalue weighted by atomic mass is 9.87. The Morgan fingerprint density at radius 2 is 1.96 bits per heavy atom. The van der Waals surface area contributed by atoms with Crippen molar-refractivity contribution in [2.75, 3.05) is 50.0 Å². The molecule has 0 bridgehead atoms. The number of pyridine rings is 1. The zero-order chi connectivity index (χ0) is 19.4. The fourth-order valence-electron chi connectivity index (χ4n) is 4.56. The zero-order valence-corrected chi connectivity index (χ0v) is 16.3. The standard InChI is InChI=1S/C20H29N5O3/c26-17-13-22-18-16(24-17)11-15(12-21-18)19(27)23-14-20(5-3-1-2-4-6-20)25-7-9-28-10-8-25/h11-12H,1-10,13-14H2,(H,21,22)(H,23,27)(H,24,26). The summed E-state index contributed by atoms with van der Waals surface area (Å²) >= 11 is 0. The van der Waals surface area contributed by atoms with Gasteiger partial charge < -0.3 is 20.7 Å². The maximum absolute atomic E-state index is 12.8. The van der Waals surface area contributed by atoms with Crippen molar-refractivity contribution in [1.82, 2.24) is 15.2 Å². The molecule has 4 rings (SSSR count). The van der Waals surface area contributed by atoms with Crippen LogP contribution in [-0.4, -0.2) is 66.6 Å². The summed E-state index contributed by atoms with van der Waals surface area (Å²) < 4.78 is 5.55. The molecular weight excluding hydrogens is 358 g/mol.